The Kier molecular flexibility index (Phi) is 5.32. The molecule has 0 fully saturated rings. The van der Waals surface area contributed by atoms with Crippen LogP contribution in [0.1, 0.15) is 13.0 Å². The van der Waals surface area contributed by atoms with E-state index in [4.69, 9.17) is 11.6 Å². The lowest BCUT2D eigenvalue weighted by Gasteiger charge is -2.15. The molecule has 0 aliphatic carbocycles. The van der Waals surface area contributed by atoms with Gasteiger partial charge < -0.3 is 5.32 Å². The number of amides is 1. The van der Waals surface area contributed by atoms with Gasteiger partial charge in [0.1, 0.15) is 17.7 Å². The number of nitrogens with zero attached hydrogens (tertiary/aromatic N) is 2. The molecule has 0 spiro atoms. The van der Waals surface area contributed by atoms with Crippen molar-refractivity contribution in [2.24, 2.45) is 0 Å². The van der Waals surface area contributed by atoms with Crippen molar-refractivity contribution >= 4 is 23.2 Å². The van der Waals surface area contributed by atoms with Crippen LogP contribution in [0.25, 0.3) is 11.3 Å². The number of hydrogen-bond acceptors (Lipinski definition) is 3. The third-order valence-electron chi connectivity index (χ3n) is 3.88. The zero-order valence-electron chi connectivity index (χ0n) is 14.1. The van der Waals surface area contributed by atoms with Gasteiger partial charge in [-0.25, -0.2) is 13.5 Å². The maximum atomic E-state index is 13.7. The van der Waals surface area contributed by atoms with E-state index in [0.29, 0.717) is 22.3 Å². The Morgan fingerprint density at radius 3 is 2.63 bits per heavy atom. The molecule has 1 heterocycles. The molecule has 138 valence electrons. The molecule has 0 aliphatic rings. The first-order valence-corrected chi connectivity index (χ1v) is 8.34. The predicted molar refractivity (Wildman–Crippen MR) is 98.6 cm³/mol. The summed E-state index contributed by atoms with van der Waals surface area (Å²) in [5, 5.41) is 7.05. The van der Waals surface area contributed by atoms with Crippen LogP contribution in [0.4, 0.5) is 14.5 Å². The topological polar surface area (TPSA) is 64.0 Å². The second-order valence-electron chi connectivity index (χ2n) is 5.80. The zero-order chi connectivity index (χ0) is 19.6. The van der Waals surface area contributed by atoms with Crippen molar-refractivity contribution in [3.63, 3.8) is 0 Å². The first kappa shape index (κ1) is 18.7. The maximum Gasteiger partial charge on any atom is 0.267 e. The predicted octanol–water partition coefficient (Wildman–Crippen LogP) is 4.04. The van der Waals surface area contributed by atoms with Crippen molar-refractivity contribution in [1.29, 1.82) is 0 Å². The largest absolute Gasteiger partial charge is 0.322 e. The maximum absolute atomic E-state index is 13.7. The Balaban J connectivity index is 1.89. The van der Waals surface area contributed by atoms with E-state index in [1.807, 2.05) is 0 Å². The SMILES string of the molecule is CC(C(=O)Nc1ccc(F)cc1F)n1nc(-c2cccc(Cl)c2)ccc1=O. The van der Waals surface area contributed by atoms with Gasteiger partial charge in [-0.1, -0.05) is 23.7 Å². The lowest BCUT2D eigenvalue weighted by molar-refractivity contribution is -0.119. The molecule has 0 saturated heterocycles. The van der Waals surface area contributed by atoms with Crippen LogP contribution in [-0.2, 0) is 4.79 Å². The molecule has 27 heavy (non-hydrogen) atoms. The summed E-state index contributed by atoms with van der Waals surface area (Å²) in [6.07, 6.45) is 0. The minimum absolute atomic E-state index is 0.188. The molecule has 1 aromatic heterocycles. The number of halogens is 3. The molecule has 0 bridgehead atoms. The summed E-state index contributed by atoms with van der Waals surface area (Å²) >= 11 is 5.97. The highest BCUT2D eigenvalue weighted by molar-refractivity contribution is 6.30. The number of nitrogens with one attached hydrogen (secondary N) is 1. The van der Waals surface area contributed by atoms with Crippen LogP contribution in [0.15, 0.2) is 59.4 Å². The number of anilines is 1. The molecule has 5 nitrogen and oxygen atoms in total. The summed E-state index contributed by atoms with van der Waals surface area (Å²) in [7, 11) is 0. The number of carbonyl (C=O) groups excluding carboxylic acids is 1. The van der Waals surface area contributed by atoms with Crippen molar-refractivity contribution in [2.75, 3.05) is 5.32 Å². The van der Waals surface area contributed by atoms with E-state index < -0.39 is 29.1 Å². The standard InChI is InChI=1S/C19H14ClF2N3O2/c1-11(19(27)23-17-6-5-14(21)10-15(17)22)25-18(26)8-7-16(24-25)12-3-2-4-13(20)9-12/h2-11H,1H3,(H,23,27). The summed E-state index contributed by atoms with van der Waals surface area (Å²) in [6, 6.07) is 11.4. The van der Waals surface area contributed by atoms with Crippen molar-refractivity contribution in [1.82, 2.24) is 9.78 Å². The Hall–Kier alpha value is -3.06. The monoisotopic (exact) mass is 389 g/mol. The third kappa shape index (κ3) is 4.20. The first-order valence-electron chi connectivity index (χ1n) is 7.97. The van der Waals surface area contributed by atoms with Crippen LogP contribution in [0.5, 0.6) is 0 Å². The van der Waals surface area contributed by atoms with Gasteiger partial charge in [0, 0.05) is 22.7 Å². The van der Waals surface area contributed by atoms with E-state index in [9.17, 15) is 18.4 Å². The van der Waals surface area contributed by atoms with E-state index in [1.165, 1.54) is 19.1 Å². The molecule has 0 aliphatic heterocycles. The fraction of sp³-hybridized carbons (Fsp3) is 0.105. The van der Waals surface area contributed by atoms with Gasteiger partial charge in [0.15, 0.2) is 0 Å². The van der Waals surface area contributed by atoms with Gasteiger partial charge >= 0.3 is 0 Å². The van der Waals surface area contributed by atoms with Gasteiger partial charge in [-0.05, 0) is 37.3 Å². The number of benzene rings is 2. The Morgan fingerprint density at radius 1 is 1.15 bits per heavy atom. The Bertz CT molecular complexity index is 1070. The first-order chi connectivity index (χ1) is 12.8. The number of carbonyl (C=O) groups is 1. The summed E-state index contributed by atoms with van der Waals surface area (Å²) in [5.74, 6) is -2.34. The molecule has 1 amide bonds. The van der Waals surface area contributed by atoms with Crippen LogP contribution in [0.2, 0.25) is 5.02 Å². The van der Waals surface area contributed by atoms with E-state index in [2.05, 4.69) is 10.4 Å². The minimum Gasteiger partial charge on any atom is -0.322 e. The van der Waals surface area contributed by atoms with Gasteiger partial charge in [0.2, 0.25) is 5.91 Å². The fourth-order valence-corrected chi connectivity index (χ4v) is 2.63. The van der Waals surface area contributed by atoms with Crippen LogP contribution in [0.3, 0.4) is 0 Å². The molecule has 0 radical (unpaired) electrons. The molecule has 1 N–H and O–H groups in total. The van der Waals surface area contributed by atoms with E-state index in [1.54, 1.807) is 24.3 Å². The van der Waals surface area contributed by atoms with Gasteiger partial charge in [-0.15, -0.1) is 0 Å². The van der Waals surface area contributed by atoms with Crippen LogP contribution in [-0.4, -0.2) is 15.7 Å². The van der Waals surface area contributed by atoms with Gasteiger partial charge in [-0.2, -0.15) is 5.10 Å². The summed E-state index contributed by atoms with van der Waals surface area (Å²) in [5.41, 5.74) is 0.438. The molecule has 1 atom stereocenters. The van der Waals surface area contributed by atoms with Gasteiger partial charge in [0.25, 0.3) is 5.56 Å². The number of rotatable bonds is 4. The summed E-state index contributed by atoms with van der Waals surface area (Å²) in [4.78, 5) is 24.6. The molecule has 2 aromatic carbocycles. The van der Waals surface area contributed by atoms with E-state index in [-0.39, 0.29) is 5.69 Å². The second-order valence-corrected chi connectivity index (χ2v) is 6.24. The van der Waals surface area contributed by atoms with Crippen LogP contribution in [0, 0.1) is 11.6 Å². The van der Waals surface area contributed by atoms with Gasteiger partial charge in [0.05, 0.1) is 11.4 Å². The molecular weight excluding hydrogens is 376 g/mol. The highest BCUT2D eigenvalue weighted by atomic mass is 35.5. The molecular formula is C19H14ClF2N3O2. The average Bonchev–Trinajstić information content (AvgIpc) is 2.64. The smallest absolute Gasteiger partial charge is 0.267 e. The molecule has 3 aromatic rings. The highest BCUT2D eigenvalue weighted by Crippen LogP contribution is 2.21. The van der Waals surface area contributed by atoms with E-state index in [0.717, 1.165) is 16.8 Å². The van der Waals surface area contributed by atoms with Crippen molar-refractivity contribution in [2.45, 2.75) is 13.0 Å². The number of hydrogen-bond donors (Lipinski definition) is 1. The van der Waals surface area contributed by atoms with Crippen molar-refractivity contribution in [3.8, 4) is 11.3 Å². The fourth-order valence-electron chi connectivity index (χ4n) is 2.44. The lowest BCUT2D eigenvalue weighted by atomic mass is 10.1. The van der Waals surface area contributed by atoms with Crippen LogP contribution < -0.4 is 10.9 Å². The van der Waals surface area contributed by atoms with Crippen molar-refractivity contribution in [3.05, 3.63) is 81.6 Å². The average molecular weight is 390 g/mol. The molecule has 1 unspecified atom stereocenters. The Labute approximate surface area is 158 Å². The lowest BCUT2D eigenvalue weighted by Crippen LogP contribution is -2.33. The van der Waals surface area contributed by atoms with E-state index >= 15 is 0 Å². The summed E-state index contributed by atoms with van der Waals surface area (Å²) < 4.78 is 27.7. The summed E-state index contributed by atoms with van der Waals surface area (Å²) in [6.45, 7) is 1.45. The third-order valence-corrected chi connectivity index (χ3v) is 4.12. The van der Waals surface area contributed by atoms with Crippen LogP contribution >= 0.6 is 11.6 Å². The molecule has 3 rings (SSSR count). The molecule has 8 heteroatoms. The second kappa shape index (κ2) is 7.67. The quantitative estimate of drug-likeness (QED) is 0.732. The zero-order valence-corrected chi connectivity index (χ0v) is 14.9. The minimum atomic E-state index is -1.03. The Morgan fingerprint density at radius 2 is 1.93 bits per heavy atom. The number of aromatic nitrogens is 2. The van der Waals surface area contributed by atoms with Crippen molar-refractivity contribution < 1.29 is 13.6 Å². The normalized spacial score (nSPS) is 11.9. The van der Waals surface area contributed by atoms with Gasteiger partial charge in [-0.3, -0.25) is 9.59 Å². The highest BCUT2D eigenvalue weighted by Gasteiger charge is 2.19. The molecule has 0 saturated carbocycles.